The van der Waals surface area contributed by atoms with Gasteiger partial charge in [0.1, 0.15) is 10.8 Å². The number of benzene rings is 1. The highest BCUT2D eigenvalue weighted by molar-refractivity contribution is 7.14. The van der Waals surface area contributed by atoms with Gasteiger partial charge in [-0.3, -0.25) is 0 Å². The van der Waals surface area contributed by atoms with Crippen LogP contribution >= 0.6 is 11.3 Å². The molecule has 194 valence electrons. The van der Waals surface area contributed by atoms with Gasteiger partial charge in [-0.05, 0) is 55.5 Å². The minimum Gasteiger partial charge on any atom is -0.383 e. The number of ether oxygens (including phenoxy) is 1. The lowest BCUT2D eigenvalue weighted by molar-refractivity contribution is 0.135. The molecule has 1 N–H and O–H groups in total. The molecular weight excluding hydrogens is 466 g/mol. The minimum absolute atomic E-state index is 0.846. The molecule has 0 unspecified atom stereocenters. The summed E-state index contributed by atoms with van der Waals surface area (Å²) in [6.45, 7) is 15.0. The summed E-state index contributed by atoms with van der Waals surface area (Å²) in [7, 11) is 4.02. The Kier molecular flexibility index (Phi) is 12.9. The summed E-state index contributed by atoms with van der Waals surface area (Å²) in [5.41, 5.74) is 5.16. The van der Waals surface area contributed by atoms with Gasteiger partial charge in [0.25, 0.3) is 0 Å². The van der Waals surface area contributed by atoms with Gasteiger partial charge in [0.15, 0.2) is 5.01 Å². The molecule has 2 heterocycles. The highest BCUT2D eigenvalue weighted by atomic mass is 32.1. The second-order valence-corrected chi connectivity index (χ2v) is 9.77. The second kappa shape index (κ2) is 15.9. The van der Waals surface area contributed by atoms with Crippen LogP contribution in [0.5, 0.6) is 0 Å². The van der Waals surface area contributed by atoms with E-state index in [1.54, 1.807) is 11.3 Å². The largest absolute Gasteiger partial charge is 0.383 e. The Labute approximate surface area is 221 Å². The summed E-state index contributed by atoms with van der Waals surface area (Å²) in [6, 6.07) is 12.5. The molecule has 36 heavy (non-hydrogen) atoms. The Hall–Kier alpha value is -3.03. The van der Waals surface area contributed by atoms with E-state index >= 15 is 0 Å². The van der Waals surface area contributed by atoms with Crippen LogP contribution in [0.3, 0.4) is 0 Å². The van der Waals surface area contributed by atoms with Crippen LogP contribution in [0.1, 0.15) is 50.6 Å². The zero-order chi connectivity index (χ0) is 26.3. The number of hydrogen-bond donors (Lipinski definition) is 1. The van der Waals surface area contributed by atoms with Crippen LogP contribution in [-0.2, 0) is 4.74 Å². The lowest BCUT2D eigenvalue weighted by atomic mass is 10.0. The average molecular weight is 508 g/mol. The van der Waals surface area contributed by atoms with Crippen molar-refractivity contribution in [2.24, 2.45) is 0 Å². The van der Waals surface area contributed by atoms with Gasteiger partial charge >= 0.3 is 0 Å². The van der Waals surface area contributed by atoms with Gasteiger partial charge in [-0.15, -0.1) is 10.2 Å². The zero-order valence-electron chi connectivity index (χ0n) is 22.7. The molecule has 0 fully saturated rings. The first-order valence-corrected chi connectivity index (χ1v) is 13.5. The van der Waals surface area contributed by atoms with Crippen molar-refractivity contribution in [1.29, 1.82) is 0 Å². The number of pyridine rings is 1. The summed E-state index contributed by atoms with van der Waals surface area (Å²) < 4.78 is 5.13. The summed E-state index contributed by atoms with van der Waals surface area (Å²) >= 11 is 1.58. The SMILES string of the molecule is C=C/C(=C\N(C)C)c1cccc(-c2ccc(-c3nnc(C)s3)c(NCCC)n2)c1.CCCOCCC. The molecule has 0 spiro atoms. The predicted molar refractivity (Wildman–Crippen MR) is 155 cm³/mol. The molecule has 0 atom stereocenters. The summed E-state index contributed by atoms with van der Waals surface area (Å²) in [5, 5.41) is 13.7. The molecule has 0 saturated carbocycles. The van der Waals surface area contributed by atoms with E-state index < -0.39 is 0 Å². The van der Waals surface area contributed by atoms with E-state index in [2.05, 4.69) is 79.4 Å². The molecule has 0 saturated heterocycles. The molecule has 0 aliphatic rings. The van der Waals surface area contributed by atoms with Gasteiger partial charge in [0, 0.05) is 45.6 Å². The van der Waals surface area contributed by atoms with E-state index in [4.69, 9.17) is 9.72 Å². The van der Waals surface area contributed by atoms with Crippen molar-refractivity contribution < 1.29 is 4.74 Å². The highest BCUT2D eigenvalue weighted by Crippen LogP contribution is 2.32. The molecule has 3 rings (SSSR count). The quantitative estimate of drug-likeness (QED) is 0.205. The van der Waals surface area contributed by atoms with Crippen LogP contribution in [-0.4, -0.2) is 53.9 Å². The van der Waals surface area contributed by atoms with Crippen LogP contribution in [0.25, 0.3) is 27.4 Å². The van der Waals surface area contributed by atoms with Gasteiger partial charge < -0.3 is 15.0 Å². The maximum Gasteiger partial charge on any atom is 0.151 e. The fourth-order valence-corrected chi connectivity index (χ4v) is 4.07. The van der Waals surface area contributed by atoms with Crippen molar-refractivity contribution in [3.8, 4) is 21.8 Å². The summed E-state index contributed by atoms with van der Waals surface area (Å²) in [6.07, 6.45) is 7.24. The van der Waals surface area contributed by atoms with Crippen molar-refractivity contribution in [3.63, 3.8) is 0 Å². The Morgan fingerprint density at radius 3 is 2.39 bits per heavy atom. The summed E-state index contributed by atoms with van der Waals surface area (Å²) in [5.74, 6) is 0.846. The Bertz CT molecular complexity index is 1100. The van der Waals surface area contributed by atoms with Gasteiger partial charge in [-0.1, -0.05) is 63.0 Å². The normalized spacial score (nSPS) is 11.0. The maximum absolute atomic E-state index is 5.13. The third-order valence-corrected chi connectivity index (χ3v) is 5.87. The molecule has 0 bridgehead atoms. The molecular formula is C29H41N5OS. The first kappa shape index (κ1) is 29.2. The number of nitrogens with one attached hydrogen (secondary N) is 1. The van der Waals surface area contributed by atoms with Gasteiger partial charge in [0.2, 0.25) is 0 Å². The van der Waals surface area contributed by atoms with Gasteiger partial charge in [-0.2, -0.15) is 0 Å². The minimum atomic E-state index is 0.846. The second-order valence-electron chi connectivity index (χ2n) is 8.59. The molecule has 7 heteroatoms. The van der Waals surface area contributed by atoms with Crippen LogP contribution in [0.15, 0.2) is 55.3 Å². The van der Waals surface area contributed by atoms with E-state index in [1.807, 2.05) is 38.1 Å². The van der Waals surface area contributed by atoms with E-state index in [1.165, 1.54) is 0 Å². The number of aromatic nitrogens is 3. The molecule has 0 aliphatic heterocycles. The molecule has 1 aromatic carbocycles. The number of allylic oxidation sites excluding steroid dienone is 2. The van der Waals surface area contributed by atoms with E-state index in [0.29, 0.717) is 0 Å². The molecule has 0 amide bonds. The van der Waals surface area contributed by atoms with E-state index in [9.17, 15) is 0 Å². The third kappa shape index (κ3) is 9.21. The highest BCUT2D eigenvalue weighted by Gasteiger charge is 2.13. The first-order chi connectivity index (χ1) is 17.4. The Morgan fingerprint density at radius 2 is 1.81 bits per heavy atom. The van der Waals surface area contributed by atoms with Crippen molar-refractivity contribution >= 4 is 22.7 Å². The topological polar surface area (TPSA) is 63.2 Å². The van der Waals surface area contributed by atoms with Crippen molar-refractivity contribution in [2.45, 2.75) is 47.0 Å². The average Bonchev–Trinajstić information content (AvgIpc) is 3.32. The van der Waals surface area contributed by atoms with Gasteiger partial charge in [0.05, 0.1) is 11.3 Å². The fourth-order valence-electron chi connectivity index (χ4n) is 3.35. The third-order valence-electron chi connectivity index (χ3n) is 5.00. The zero-order valence-corrected chi connectivity index (χ0v) is 23.5. The lowest BCUT2D eigenvalue weighted by Gasteiger charge is -2.13. The number of rotatable bonds is 12. The number of hydrogen-bond acceptors (Lipinski definition) is 7. The van der Waals surface area contributed by atoms with Crippen molar-refractivity contribution in [1.82, 2.24) is 20.1 Å². The van der Waals surface area contributed by atoms with Crippen LogP contribution in [0.2, 0.25) is 0 Å². The summed E-state index contributed by atoms with van der Waals surface area (Å²) in [4.78, 5) is 6.95. The lowest BCUT2D eigenvalue weighted by Crippen LogP contribution is -2.04. The number of anilines is 1. The van der Waals surface area contributed by atoms with Crippen LogP contribution < -0.4 is 5.32 Å². The molecule has 0 aliphatic carbocycles. The fraction of sp³-hybridized carbons (Fsp3) is 0.414. The smallest absolute Gasteiger partial charge is 0.151 e. The molecule has 0 radical (unpaired) electrons. The van der Waals surface area contributed by atoms with Crippen molar-refractivity contribution in [3.05, 3.63) is 65.8 Å². The molecule has 2 aromatic heterocycles. The predicted octanol–water partition coefficient (Wildman–Crippen LogP) is 7.31. The standard InChI is InChI=1S/C23H27N5S.C6H14O/c1-6-13-24-22-20(23-27-26-16(3)29-23)11-12-21(25-22)19-10-8-9-18(14-19)17(7-2)15-28(4)5;1-3-5-7-6-4-2/h7-12,14-15H,2,6,13H2,1,3-5H3,(H,24,25);3-6H2,1-2H3/b17-15+;. The Morgan fingerprint density at radius 1 is 1.06 bits per heavy atom. The Balaban J connectivity index is 0.000000572. The van der Waals surface area contributed by atoms with E-state index in [-0.39, 0.29) is 0 Å². The monoisotopic (exact) mass is 507 g/mol. The molecule has 3 aromatic rings. The number of nitrogens with zero attached hydrogens (tertiary/aromatic N) is 4. The maximum atomic E-state index is 5.13. The van der Waals surface area contributed by atoms with E-state index in [0.717, 1.165) is 82.8 Å². The van der Waals surface area contributed by atoms with Crippen molar-refractivity contribution in [2.75, 3.05) is 39.2 Å². The van der Waals surface area contributed by atoms with Crippen LogP contribution in [0.4, 0.5) is 5.82 Å². The molecule has 6 nitrogen and oxygen atoms in total. The van der Waals surface area contributed by atoms with Crippen LogP contribution in [0, 0.1) is 6.92 Å². The first-order valence-electron chi connectivity index (χ1n) is 12.7. The van der Waals surface area contributed by atoms with Gasteiger partial charge in [-0.25, -0.2) is 4.98 Å². The number of aryl methyl sites for hydroxylation is 1.